The van der Waals surface area contributed by atoms with Crippen molar-refractivity contribution in [1.82, 2.24) is 9.55 Å². The lowest BCUT2D eigenvalue weighted by Gasteiger charge is -2.10. The molecule has 0 atom stereocenters. The zero-order chi connectivity index (χ0) is 11.2. The molecular weight excluding hydrogens is 272 g/mol. The molecule has 1 saturated carbocycles. The first-order valence-corrected chi connectivity index (χ1v) is 6.37. The standard InChI is InChI=1S/C11H11BrN2O2/c12-6-11(3-4-11)7-14-9-8(16-10(14)15)2-1-5-13-9/h1-2,5H,3-4,6-7H2. The lowest BCUT2D eigenvalue weighted by atomic mass is 10.1. The number of hydrogen-bond acceptors (Lipinski definition) is 3. The molecule has 0 spiro atoms. The molecule has 0 N–H and O–H groups in total. The maximum atomic E-state index is 11.7. The molecule has 2 aromatic heterocycles. The van der Waals surface area contributed by atoms with Gasteiger partial charge in [0.25, 0.3) is 0 Å². The van der Waals surface area contributed by atoms with Crippen LogP contribution in [0.1, 0.15) is 12.8 Å². The number of fused-ring (bicyclic) bond motifs is 1. The van der Waals surface area contributed by atoms with Crippen molar-refractivity contribution in [1.29, 1.82) is 0 Å². The monoisotopic (exact) mass is 282 g/mol. The van der Waals surface area contributed by atoms with Crippen molar-refractivity contribution in [2.24, 2.45) is 5.41 Å². The van der Waals surface area contributed by atoms with Crippen molar-refractivity contribution in [2.45, 2.75) is 19.4 Å². The van der Waals surface area contributed by atoms with Crippen molar-refractivity contribution in [3.05, 3.63) is 28.9 Å². The van der Waals surface area contributed by atoms with E-state index in [9.17, 15) is 4.79 Å². The Balaban J connectivity index is 2.09. The van der Waals surface area contributed by atoms with Crippen molar-refractivity contribution >= 4 is 27.2 Å². The Bertz CT molecular complexity index is 583. The Labute approximate surface area is 100 Å². The van der Waals surface area contributed by atoms with Gasteiger partial charge in [0.15, 0.2) is 11.2 Å². The molecule has 16 heavy (non-hydrogen) atoms. The van der Waals surface area contributed by atoms with Crippen molar-refractivity contribution in [3.63, 3.8) is 0 Å². The van der Waals surface area contributed by atoms with Crippen LogP contribution in [-0.4, -0.2) is 14.9 Å². The van der Waals surface area contributed by atoms with Crippen LogP contribution in [0, 0.1) is 5.41 Å². The first-order valence-electron chi connectivity index (χ1n) is 5.24. The largest absolute Gasteiger partial charge is 0.421 e. The van der Waals surface area contributed by atoms with E-state index < -0.39 is 0 Å². The predicted octanol–water partition coefficient (Wildman–Crippen LogP) is 2.16. The second-order valence-electron chi connectivity index (χ2n) is 4.41. The zero-order valence-electron chi connectivity index (χ0n) is 8.65. The summed E-state index contributed by atoms with van der Waals surface area (Å²) in [7, 11) is 0. The Morgan fingerprint density at radius 2 is 2.38 bits per heavy atom. The van der Waals surface area contributed by atoms with Crippen LogP contribution in [0.2, 0.25) is 0 Å². The van der Waals surface area contributed by atoms with Gasteiger partial charge in [-0.15, -0.1) is 0 Å². The van der Waals surface area contributed by atoms with E-state index in [4.69, 9.17) is 4.42 Å². The van der Waals surface area contributed by atoms with E-state index in [-0.39, 0.29) is 11.2 Å². The highest BCUT2D eigenvalue weighted by Gasteiger charge is 2.42. The molecule has 0 amide bonds. The van der Waals surface area contributed by atoms with Gasteiger partial charge in [-0.25, -0.2) is 9.78 Å². The summed E-state index contributed by atoms with van der Waals surface area (Å²) in [5.74, 6) is -0.305. The molecule has 2 aromatic rings. The molecule has 2 heterocycles. The van der Waals surface area contributed by atoms with E-state index in [2.05, 4.69) is 20.9 Å². The average molecular weight is 283 g/mol. The Morgan fingerprint density at radius 3 is 3.06 bits per heavy atom. The summed E-state index contributed by atoms with van der Waals surface area (Å²) in [6.45, 7) is 0.696. The topological polar surface area (TPSA) is 48.0 Å². The molecule has 84 valence electrons. The second-order valence-corrected chi connectivity index (χ2v) is 4.97. The van der Waals surface area contributed by atoms with Gasteiger partial charge in [0.05, 0.1) is 0 Å². The summed E-state index contributed by atoms with van der Waals surface area (Å²) in [6.07, 6.45) is 4.00. The van der Waals surface area contributed by atoms with Crippen molar-refractivity contribution < 1.29 is 4.42 Å². The van der Waals surface area contributed by atoms with Crippen LogP contribution >= 0.6 is 15.9 Å². The Morgan fingerprint density at radius 1 is 1.56 bits per heavy atom. The molecule has 0 aliphatic heterocycles. The number of oxazole rings is 1. The van der Waals surface area contributed by atoms with Crippen LogP contribution in [-0.2, 0) is 6.54 Å². The molecular formula is C11H11BrN2O2. The number of pyridine rings is 1. The second kappa shape index (κ2) is 3.45. The molecule has 4 nitrogen and oxygen atoms in total. The molecule has 0 aromatic carbocycles. The lowest BCUT2D eigenvalue weighted by molar-refractivity contribution is 0.431. The van der Waals surface area contributed by atoms with Gasteiger partial charge in [0.2, 0.25) is 0 Å². The van der Waals surface area contributed by atoms with E-state index in [1.165, 1.54) is 0 Å². The first-order chi connectivity index (χ1) is 7.74. The molecule has 5 heteroatoms. The third-order valence-electron chi connectivity index (χ3n) is 3.16. The fourth-order valence-corrected chi connectivity index (χ4v) is 2.62. The minimum absolute atomic E-state index is 0.234. The SMILES string of the molecule is O=c1oc2cccnc2n1CC1(CBr)CC1. The number of halogens is 1. The van der Waals surface area contributed by atoms with E-state index in [1.807, 2.05) is 0 Å². The highest BCUT2D eigenvalue weighted by atomic mass is 79.9. The van der Waals surface area contributed by atoms with Gasteiger partial charge < -0.3 is 4.42 Å². The Hall–Kier alpha value is -1.10. The van der Waals surface area contributed by atoms with Crippen molar-refractivity contribution in [2.75, 3.05) is 5.33 Å². The third-order valence-corrected chi connectivity index (χ3v) is 4.35. The number of nitrogens with zero attached hydrogens (tertiary/aromatic N) is 2. The van der Waals surface area contributed by atoms with Gasteiger partial charge in [-0.3, -0.25) is 4.57 Å². The zero-order valence-corrected chi connectivity index (χ0v) is 10.2. The van der Waals surface area contributed by atoms with Crippen LogP contribution in [0.3, 0.4) is 0 Å². The van der Waals surface area contributed by atoms with Crippen molar-refractivity contribution in [3.8, 4) is 0 Å². The van der Waals surface area contributed by atoms with Gasteiger partial charge in [0.1, 0.15) is 0 Å². The summed E-state index contributed by atoms with van der Waals surface area (Å²) in [5.41, 5.74) is 1.45. The van der Waals surface area contributed by atoms with Crippen LogP contribution in [0.25, 0.3) is 11.2 Å². The van der Waals surface area contributed by atoms with Crippen LogP contribution in [0.15, 0.2) is 27.5 Å². The van der Waals surface area contributed by atoms with E-state index in [1.54, 1.807) is 22.9 Å². The summed E-state index contributed by atoms with van der Waals surface area (Å²) >= 11 is 3.50. The van der Waals surface area contributed by atoms with Gasteiger partial charge in [-0.1, -0.05) is 15.9 Å². The molecule has 0 saturated heterocycles. The smallest absolute Gasteiger partial charge is 0.406 e. The number of aromatic nitrogens is 2. The minimum Gasteiger partial charge on any atom is -0.406 e. The van der Waals surface area contributed by atoms with Crippen LogP contribution in [0.5, 0.6) is 0 Å². The van der Waals surface area contributed by atoms with E-state index in [0.717, 1.165) is 18.2 Å². The van der Waals surface area contributed by atoms with Gasteiger partial charge in [-0.2, -0.15) is 0 Å². The van der Waals surface area contributed by atoms with Gasteiger partial charge in [-0.05, 0) is 30.4 Å². The third kappa shape index (κ3) is 1.50. The van der Waals surface area contributed by atoms with Crippen LogP contribution < -0.4 is 5.76 Å². The highest BCUT2D eigenvalue weighted by molar-refractivity contribution is 9.09. The average Bonchev–Trinajstić information content (AvgIpc) is 3.01. The molecule has 1 fully saturated rings. The summed E-state index contributed by atoms with van der Waals surface area (Å²) in [6, 6.07) is 3.54. The molecule has 1 aliphatic rings. The summed E-state index contributed by atoms with van der Waals surface area (Å²) in [5, 5.41) is 0.923. The predicted molar refractivity (Wildman–Crippen MR) is 63.7 cm³/mol. The van der Waals surface area contributed by atoms with E-state index in [0.29, 0.717) is 17.8 Å². The molecule has 0 bridgehead atoms. The van der Waals surface area contributed by atoms with Gasteiger partial charge in [0, 0.05) is 18.1 Å². The fraction of sp³-hybridized carbons (Fsp3) is 0.455. The number of rotatable bonds is 3. The first kappa shape index (κ1) is 10.1. The summed E-state index contributed by atoms with van der Waals surface area (Å²) in [4.78, 5) is 15.9. The molecule has 0 unspecified atom stereocenters. The number of hydrogen-bond donors (Lipinski definition) is 0. The molecule has 0 radical (unpaired) electrons. The van der Waals surface area contributed by atoms with Gasteiger partial charge >= 0.3 is 5.76 Å². The maximum Gasteiger partial charge on any atom is 0.421 e. The maximum absolute atomic E-state index is 11.7. The minimum atomic E-state index is -0.305. The lowest BCUT2D eigenvalue weighted by Crippen LogP contribution is -2.22. The van der Waals surface area contributed by atoms with Crippen LogP contribution in [0.4, 0.5) is 0 Å². The Kier molecular flexibility index (Phi) is 2.17. The quantitative estimate of drug-likeness (QED) is 0.811. The highest BCUT2D eigenvalue weighted by Crippen LogP contribution is 2.48. The fourth-order valence-electron chi connectivity index (χ4n) is 1.89. The molecule has 1 aliphatic carbocycles. The normalized spacial score (nSPS) is 17.8. The summed E-state index contributed by atoms with van der Waals surface area (Å²) < 4.78 is 6.79. The number of alkyl halides is 1. The molecule has 3 rings (SSSR count). The van der Waals surface area contributed by atoms with E-state index >= 15 is 0 Å².